The molecule has 3 N–H and O–H groups in total. The van der Waals surface area contributed by atoms with Crippen molar-refractivity contribution in [3.63, 3.8) is 0 Å². The molecule has 1 saturated carbocycles. The van der Waals surface area contributed by atoms with E-state index in [-0.39, 0.29) is 5.41 Å². The van der Waals surface area contributed by atoms with Gasteiger partial charge < -0.3 is 11.1 Å². The first kappa shape index (κ1) is 13.9. The number of aryl methyl sites for hydroxylation is 1. The van der Waals surface area contributed by atoms with E-state index in [4.69, 9.17) is 5.73 Å². The SMILES string of the molecule is Cc1ccccc1C1(CN=C(N)NCC(C)C)CC1. The Morgan fingerprint density at radius 3 is 2.63 bits per heavy atom. The van der Waals surface area contributed by atoms with E-state index in [1.165, 1.54) is 24.0 Å². The molecule has 0 aliphatic heterocycles. The average molecular weight is 259 g/mol. The van der Waals surface area contributed by atoms with Gasteiger partial charge >= 0.3 is 0 Å². The summed E-state index contributed by atoms with van der Waals surface area (Å²) < 4.78 is 0. The predicted octanol–water partition coefficient (Wildman–Crippen LogP) is 2.59. The number of nitrogens with two attached hydrogens (primary N) is 1. The van der Waals surface area contributed by atoms with Gasteiger partial charge in [-0.05, 0) is 36.8 Å². The molecule has 0 radical (unpaired) electrons. The average Bonchev–Trinajstić information content (AvgIpc) is 3.15. The van der Waals surface area contributed by atoms with Crippen LogP contribution in [-0.4, -0.2) is 19.0 Å². The van der Waals surface area contributed by atoms with Gasteiger partial charge in [0.1, 0.15) is 0 Å². The molecule has 1 aliphatic rings. The second-order valence-corrected chi connectivity index (χ2v) is 6.07. The molecule has 0 heterocycles. The molecule has 3 nitrogen and oxygen atoms in total. The summed E-state index contributed by atoms with van der Waals surface area (Å²) in [5, 5.41) is 3.18. The molecule has 0 aromatic heterocycles. The van der Waals surface area contributed by atoms with Crippen molar-refractivity contribution >= 4 is 5.96 Å². The van der Waals surface area contributed by atoms with Gasteiger partial charge in [0.15, 0.2) is 5.96 Å². The lowest BCUT2D eigenvalue weighted by Crippen LogP contribution is -2.35. The summed E-state index contributed by atoms with van der Waals surface area (Å²) in [6.45, 7) is 8.19. The van der Waals surface area contributed by atoms with Crippen LogP contribution < -0.4 is 11.1 Å². The zero-order chi connectivity index (χ0) is 13.9. The number of nitrogens with zero attached hydrogens (tertiary/aromatic N) is 1. The monoisotopic (exact) mass is 259 g/mol. The molecule has 1 aromatic rings. The third-order valence-electron chi connectivity index (χ3n) is 3.81. The fourth-order valence-electron chi connectivity index (χ4n) is 2.43. The molecule has 0 bridgehead atoms. The van der Waals surface area contributed by atoms with E-state index in [9.17, 15) is 0 Å². The van der Waals surface area contributed by atoms with Gasteiger partial charge in [0.2, 0.25) is 0 Å². The van der Waals surface area contributed by atoms with Gasteiger partial charge in [0.25, 0.3) is 0 Å². The van der Waals surface area contributed by atoms with Crippen LogP contribution in [0.25, 0.3) is 0 Å². The lowest BCUT2D eigenvalue weighted by molar-refractivity contribution is 0.618. The van der Waals surface area contributed by atoms with Crippen LogP contribution in [0, 0.1) is 12.8 Å². The Balaban J connectivity index is 1.99. The first-order valence-electron chi connectivity index (χ1n) is 7.13. The summed E-state index contributed by atoms with van der Waals surface area (Å²) in [5.41, 5.74) is 8.96. The van der Waals surface area contributed by atoms with Crippen LogP contribution in [0.1, 0.15) is 37.8 Å². The maximum Gasteiger partial charge on any atom is 0.188 e. The van der Waals surface area contributed by atoms with Crippen molar-refractivity contribution in [1.82, 2.24) is 5.32 Å². The highest BCUT2D eigenvalue weighted by Gasteiger charge is 2.44. The normalized spacial score (nSPS) is 17.6. The summed E-state index contributed by atoms with van der Waals surface area (Å²) in [4.78, 5) is 4.53. The summed E-state index contributed by atoms with van der Waals surface area (Å²) >= 11 is 0. The number of nitrogens with one attached hydrogen (secondary N) is 1. The van der Waals surface area contributed by atoms with E-state index < -0.39 is 0 Å². The molecule has 3 heteroatoms. The highest BCUT2D eigenvalue weighted by molar-refractivity contribution is 5.77. The van der Waals surface area contributed by atoms with Crippen molar-refractivity contribution in [3.8, 4) is 0 Å². The fraction of sp³-hybridized carbons (Fsp3) is 0.562. The Bertz CT molecular complexity index is 459. The lowest BCUT2D eigenvalue weighted by Gasteiger charge is -2.16. The highest BCUT2D eigenvalue weighted by atomic mass is 15.1. The number of guanidine groups is 1. The maximum absolute atomic E-state index is 5.91. The standard InChI is InChI=1S/C16H25N3/c1-12(2)10-18-15(17)19-11-16(8-9-16)14-7-5-4-6-13(14)3/h4-7,12H,8-11H2,1-3H3,(H3,17,18,19). The number of hydrogen-bond acceptors (Lipinski definition) is 1. The van der Waals surface area contributed by atoms with Crippen LogP contribution in [0.4, 0.5) is 0 Å². The minimum Gasteiger partial charge on any atom is -0.370 e. The van der Waals surface area contributed by atoms with Crippen molar-refractivity contribution in [1.29, 1.82) is 0 Å². The Kier molecular flexibility index (Phi) is 4.13. The van der Waals surface area contributed by atoms with Gasteiger partial charge in [-0.1, -0.05) is 38.1 Å². The zero-order valence-electron chi connectivity index (χ0n) is 12.2. The molecule has 19 heavy (non-hydrogen) atoms. The molecule has 0 unspecified atom stereocenters. The summed E-state index contributed by atoms with van der Waals surface area (Å²) in [6.07, 6.45) is 2.44. The predicted molar refractivity (Wildman–Crippen MR) is 81.4 cm³/mol. The van der Waals surface area contributed by atoms with Crippen LogP contribution in [0.15, 0.2) is 29.3 Å². The summed E-state index contributed by atoms with van der Waals surface area (Å²) in [5.74, 6) is 1.16. The highest BCUT2D eigenvalue weighted by Crippen LogP contribution is 2.49. The summed E-state index contributed by atoms with van der Waals surface area (Å²) in [6, 6.07) is 8.62. The van der Waals surface area contributed by atoms with Gasteiger partial charge in [-0.25, -0.2) is 0 Å². The van der Waals surface area contributed by atoms with Crippen LogP contribution in [0.2, 0.25) is 0 Å². The van der Waals surface area contributed by atoms with Crippen molar-refractivity contribution in [3.05, 3.63) is 35.4 Å². The van der Waals surface area contributed by atoms with Gasteiger partial charge in [0, 0.05) is 12.0 Å². The Morgan fingerprint density at radius 2 is 2.05 bits per heavy atom. The Morgan fingerprint density at radius 1 is 1.37 bits per heavy atom. The number of benzene rings is 1. The lowest BCUT2D eigenvalue weighted by atomic mass is 9.92. The van der Waals surface area contributed by atoms with Crippen molar-refractivity contribution in [2.45, 2.75) is 39.0 Å². The van der Waals surface area contributed by atoms with E-state index in [0.717, 1.165) is 13.1 Å². The molecule has 2 rings (SSSR count). The fourth-order valence-corrected chi connectivity index (χ4v) is 2.43. The summed E-state index contributed by atoms with van der Waals surface area (Å²) in [7, 11) is 0. The van der Waals surface area contributed by atoms with Crippen LogP contribution in [0.3, 0.4) is 0 Å². The number of hydrogen-bond donors (Lipinski definition) is 2. The molecule has 104 valence electrons. The van der Waals surface area contributed by atoms with Crippen LogP contribution >= 0.6 is 0 Å². The number of aliphatic imine (C=N–C) groups is 1. The topological polar surface area (TPSA) is 50.4 Å². The van der Waals surface area contributed by atoms with Gasteiger partial charge in [0.05, 0.1) is 6.54 Å². The van der Waals surface area contributed by atoms with Gasteiger partial charge in [-0.3, -0.25) is 4.99 Å². The molecule has 0 amide bonds. The molecule has 1 aliphatic carbocycles. The number of rotatable bonds is 5. The quantitative estimate of drug-likeness (QED) is 0.631. The molecule has 1 aromatic carbocycles. The van der Waals surface area contributed by atoms with Crippen molar-refractivity contribution in [2.24, 2.45) is 16.6 Å². The molecule has 0 atom stereocenters. The van der Waals surface area contributed by atoms with Crippen LogP contribution in [0.5, 0.6) is 0 Å². The Labute approximate surface area is 116 Å². The minimum absolute atomic E-state index is 0.246. The molecule has 0 saturated heterocycles. The third kappa shape index (κ3) is 3.49. The van der Waals surface area contributed by atoms with E-state index >= 15 is 0 Å². The second kappa shape index (κ2) is 5.64. The van der Waals surface area contributed by atoms with Crippen LogP contribution in [-0.2, 0) is 5.41 Å². The van der Waals surface area contributed by atoms with E-state index in [2.05, 4.69) is 55.3 Å². The first-order chi connectivity index (χ1) is 9.03. The van der Waals surface area contributed by atoms with Crippen molar-refractivity contribution in [2.75, 3.05) is 13.1 Å². The maximum atomic E-state index is 5.91. The minimum atomic E-state index is 0.246. The smallest absolute Gasteiger partial charge is 0.188 e. The largest absolute Gasteiger partial charge is 0.370 e. The van der Waals surface area contributed by atoms with E-state index in [1.54, 1.807) is 0 Å². The first-order valence-corrected chi connectivity index (χ1v) is 7.13. The Hall–Kier alpha value is -1.51. The van der Waals surface area contributed by atoms with E-state index in [0.29, 0.717) is 11.9 Å². The van der Waals surface area contributed by atoms with Gasteiger partial charge in [-0.15, -0.1) is 0 Å². The molecule has 0 spiro atoms. The van der Waals surface area contributed by atoms with Crippen molar-refractivity contribution < 1.29 is 0 Å². The third-order valence-corrected chi connectivity index (χ3v) is 3.81. The van der Waals surface area contributed by atoms with Gasteiger partial charge in [-0.2, -0.15) is 0 Å². The second-order valence-electron chi connectivity index (χ2n) is 6.07. The van der Waals surface area contributed by atoms with E-state index in [1.807, 2.05) is 0 Å². The zero-order valence-corrected chi connectivity index (χ0v) is 12.2. The molecular formula is C16H25N3. The molecular weight excluding hydrogens is 234 g/mol. The molecule has 1 fully saturated rings.